The lowest BCUT2D eigenvalue weighted by Gasteiger charge is -2.36. The van der Waals surface area contributed by atoms with E-state index in [0.717, 1.165) is 28.9 Å². The van der Waals surface area contributed by atoms with Crippen molar-refractivity contribution in [2.24, 2.45) is 0 Å². The number of methoxy groups -OCH3 is 1. The second-order valence-electron chi connectivity index (χ2n) is 8.50. The zero-order chi connectivity index (χ0) is 24.3. The number of sulfonamides is 1. The topological polar surface area (TPSA) is 79.0 Å². The van der Waals surface area contributed by atoms with Gasteiger partial charge < -0.3 is 9.64 Å². The Kier molecular flexibility index (Phi) is 6.79. The van der Waals surface area contributed by atoms with Gasteiger partial charge in [-0.1, -0.05) is 35.9 Å². The Morgan fingerprint density at radius 1 is 0.941 bits per heavy atom. The Morgan fingerprint density at radius 3 is 2.41 bits per heavy atom. The van der Waals surface area contributed by atoms with Crippen LogP contribution < -0.4 is 14.4 Å². The van der Waals surface area contributed by atoms with Crippen molar-refractivity contribution >= 4 is 27.4 Å². The van der Waals surface area contributed by atoms with E-state index in [0.29, 0.717) is 31.0 Å². The molecule has 1 heterocycles. The highest BCUT2D eigenvalue weighted by Crippen LogP contribution is 2.32. The summed E-state index contributed by atoms with van der Waals surface area (Å²) in [5.41, 5.74) is 3.77. The van der Waals surface area contributed by atoms with Gasteiger partial charge in [-0.2, -0.15) is 0 Å². The van der Waals surface area contributed by atoms with E-state index < -0.39 is 10.0 Å². The first-order chi connectivity index (χ1) is 16.3. The highest BCUT2D eigenvalue weighted by Gasteiger charge is 2.29. The zero-order valence-electron chi connectivity index (χ0n) is 19.6. The third-order valence-corrected chi connectivity index (χ3v) is 7.22. The van der Waals surface area contributed by atoms with Crippen LogP contribution >= 0.6 is 0 Å². The van der Waals surface area contributed by atoms with E-state index in [-0.39, 0.29) is 10.9 Å². The van der Waals surface area contributed by atoms with Gasteiger partial charge in [0, 0.05) is 19.6 Å². The van der Waals surface area contributed by atoms with Gasteiger partial charge in [0.25, 0.3) is 10.0 Å². The minimum atomic E-state index is -3.81. The predicted molar refractivity (Wildman–Crippen MR) is 134 cm³/mol. The van der Waals surface area contributed by atoms with Crippen LogP contribution in [0.3, 0.4) is 0 Å². The van der Waals surface area contributed by atoms with Crippen LogP contribution in [0.25, 0.3) is 0 Å². The molecule has 0 radical (unpaired) electrons. The largest absolute Gasteiger partial charge is 0.497 e. The molecule has 0 saturated carbocycles. The van der Waals surface area contributed by atoms with E-state index in [1.807, 2.05) is 44.2 Å². The van der Waals surface area contributed by atoms with Crippen LogP contribution in [-0.4, -0.2) is 39.5 Å². The van der Waals surface area contributed by atoms with Crippen LogP contribution in [0.5, 0.6) is 5.75 Å². The number of ether oxygens (including phenoxy) is 1. The molecule has 0 aliphatic carbocycles. The molecule has 3 aromatic rings. The summed E-state index contributed by atoms with van der Waals surface area (Å²) in [5, 5.41) is 0. The van der Waals surface area contributed by atoms with Gasteiger partial charge in [-0.15, -0.1) is 0 Å². The van der Waals surface area contributed by atoms with Crippen LogP contribution in [-0.2, 0) is 16.6 Å². The Balaban J connectivity index is 1.61. The number of anilines is 2. The van der Waals surface area contributed by atoms with Crippen LogP contribution in [0.2, 0.25) is 0 Å². The van der Waals surface area contributed by atoms with E-state index in [2.05, 4.69) is 4.72 Å². The molecule has 3 aromatic carbocycles. The maximum absolute atomic E-state index is 13.4. The van der Waals surface area contributed by atoms with Crippen molar-refractivity contribution in [3.05, 3.63) is 83.4 Å². The summed E-state index contributed by atoms with van der Waals surface area (Å²) < 4.78 is 34.1. The molecule has 7 nitrogen and oxygen atoms in total. The number of hydrogen-bond donors (Lipinski definition) is 1. The number of amides is 2. The van der Waals surface area contributed by atoms with Crippen molar-refractivity contribution in [3.8, 4) is 5.75 Å². The lowest BCUT2D eigenvalue weighted by Crippen LogP contribution is -2.49. The minimum Gasteiger partial charge on any atom is -0.497 e. The van der Waals surface area contributed by atoms with Crippen LogP contribution in [0.4, 0.5) is 16.2 Å². The van der Waals surface area contributed by atoms with E-state index in [1.54, 1.807) is 53.3 Å². The second kappa shape index (κ2) is 9.77. The van der Waals surface area contributed by atoms with Gasteiger partial charge in [-0.25, -0.2) is 13.2 Å². The van der Waals surface area contributed by atoms with Crippen molar-refractivity contribution in [2.45, 2.75) is 31.7 Å². The normalized spacial score (nSPS) is 14.3. The molecule has 0 unspecified atom stereocenters. The maximum Gasteiger partial charge on any atom is 0.324 e. The van der Waals surface area contributed by atoms with Crippen molar-refractivity contribution < 1.29 is 17.9 Å². The lowest BCUT2D eigenvalue weighted by atomic mass is 10.1. The molecule has 0 aromatic heterocycles. The summed E-state index contributed by atoms with van der Waals surface area (Å²) in [6.45, 7) is 5.38. The third-order valence-electron chi connectivity index (χ3n) is 5.84. The van der Waals surface area contributed by atoms with Gasteiger partial charge in [0.1, 0.15) is 5.75 Å². The van der Waals surface area contributed by atoms with Crippen molar-refractivity contribution in [1.29, 1.82) is 0 Å². The summed E-state index contributed by atoms with van der Waals surface area (Å²) in [7, 11) is -2.20. The molecule has 0 bridgehead atoms. The molecule has 0 spiro atoms. The fraction of sp³-hybridized carbons (Fsp3) is 0.269. The van der Waals surface area contributed by atoms with E-state index >= 15 is 0 Å². The molecule has 1 saturated heterocycles. The van der Waals surface area contributed by atoms with Crippen LogP contribution in [0.1, 0.15) is 23.1 Å². The molecule has 4 rings (SSSR count). The zero-order valence-corrected chi connectivity index (χ0v) is 20.4. The molecule has 178 valence electrons. The predicted octanol–water partition coefficient (Wildman–Crippen LogP) is 4.95. The van der Waals surface area contributed by atoms with Crippen molar-refractivity contribution in [2.75, 3.05) is 29.8 Å². The molecule has 2 amide bonds. The molecule has 8 heteroatoms. The number of carbonyl (C=O) groups is 1. The molecule has 0 atom stereocenters. The first-order valence-electron chi connectivity index (χ1n) is 11.2. The average molecular weight is 480 g/mol. The summed E-state index contributed by atoms with van der Waals surface area (Å²) in [4.78, 5) is 17.0. The van der Waals surface area contributed by atoms with E-state index in [9.17, 15) is 13.2 Å². The standard InChI is InChI=1S/C26H29N3O4S/c1-19-8-11-23(12-9-19)34(31,32)27-24-16-20(2)10-13-25(24)29-15-5-14-28(26(29)30)18-21-6-4-7-22(17-21)33-3/h4,6-13,16-17,27H,5,14-15,18H2,1-3H3. The number of carbonyl (C=O) groups excluding carboxylic acids is 1. The highest BCUT2D eigenvalue weighted by atomic mass is 32.2. The average Bonchev–Trinajstić information content (AvgIpc) is 2.81. The Morgan fingerprint density at radius 2 is 1.68 bits per heavy atom. The molecule has 34 heavy (non-hydrogen) atoms. The minimum absolute atomic E-state index is 0.159. The Bertz CT molecular complexity index is 1290. The van der Waals surface area contributed by atoms with Gasteiger partial charge >= 0.3 is 6.03 Å². The van der Waals surface area contributed by atoms with Gasteiger partial charge in [0.2, 0.25) is 0 Å². The number of nitrogens with zero attached hydrogens (tertiary/aromatic N) is 2. The molecular weight excluding hydrogens is 450 g/mol. The number of aryl methyl sites for hydroxylation is 2. The maximum atomic E-state index is 13.4. The number of hydrogen-bond acceptors (Lipinski definition) is 4. The molecule has 1 aliphatic rings. The highest BCUT2D eigenvalue weighted by molar-refractivity contribution is 7.92. The van der Waals surface area contributed by atoms with Crippen molar-refractivity contribution in [1.82, 2.24) is 4.90 Å². The fourth-order valence-electron chi connectivity index (χ4n) is 4.03. The van der Waals surface area contributed by atoms with Crippen molar-refractivity contribution in [3.63, 3.8) is 0 Å². The lowest BCUT2D eigenvalue weighted by molar-refractivity contribution is 0.192. The summed E-state index contributed by atoms with van der Waals surface area (Å²) >= 11 is 0. The first-order valence-corrected chi connectivity index (χ1v) is 12.6. The summed E-state index contributed by atoms with van der Waals surface area (Å²) in [5.74, 6) is 0.741. The van der Waals surface area contributed by atoms with Gasteiger partial charge in [-0.05, 0) is 67.8 Å². The summed E-state index contributed by atoms with van der Waals surface area (Å²) in [6, 6.07) is 19.6. The van der Waals surface area contributed by atoms with Crippen LogP contribution in [0.15, 0.2) is 71.6 Å². The summed E-state index contributed by atoms with van der Waals surface area (Å²) in [6.07, 6.45) is 0.772. The number of urea groups is 1. The Hall–Kier alpha value is -3.52. The third kappa shape index (κ3) is 5.17. The number of rotatable bonds is 7. The second-order valence-corrected chi connectivity index (χ2v) is 10.2. The fourth-order valence-corrected chi connectivity index (χ4v) is 5.10. The molecular formula is C26H29N3O4S. The first kappa shape index (κ1) is 23.6. The Labute approximate surface area is 201 Å². The quantitative estimate of drug-likeness (QED) is 0.520. The number of nitrogens with one attached hydrogen (secondary N) is 1. The smallest absolute Gasteiger partial charge is 0.324 e. The van der Waals surface area contributed by atoms with Gasteiger partial charge in [0.15, 0.2) is 0 Å². The number of benzene rings is 3. The van der Waals surface area contributed by atoms with Gasteiger partial charge in [0.05, 0.1) is 23.4 Å². The molecule has 1 N–H and O–H groups in total. The SMILES string of the molecule is COc1cccc(CN2CCCN(c3ccc(C)cc3NS(=O)(=O)c3ccc(C)cc3)C2=O)c1. The molecule has 1 aliphatic heterocycles. The van der Waals surface area contributed by atoms with Gasteiger partial charge in [-0.3, -0.25) is 9.62 Å². The monoisotopic (exact) mass is 479 g/mol. The molecule has 1 fully saturated rings. The van der Waals surface area contributed by atoms with Crippen LogP contribution in [0, 0.1) is 13.8 Å². The van der Waals surface area contributed by atoms with E-state index in [1.165, 1.54) is 0 Å². The van der Waals surface area contributed by atoms with E-state index in [4.69, 9.17) is 4.74 Å².